The molecule has 0 fully saturated rings. The third-order valence-corrected chi connectivity index (χ3v) is 3.38. The fraction of sp³-hybridized carbons (Fsp3) is 0.286. The molecule has 0 saturated carbocycles. The van der Waals surface area contributed by atoms with Gasteiger partial charge in [-0.05, 0) is 53.5 Å². The van der Waals surface area contributed by atoms with Crippen LogP contribution in [0.4, 0.5) is 0 Å². The van der Waals surface area contributed by atoms with Crippen LogP contribution in [0.25, 0.3) is 6.08 Å². The largest absolute Gasteiger partial charge is 0.504 e. The number of nitriles is 1. The SMILES string of the molecule is CCN(CC)C(=O)/C(C#N)=C/c1cc(O)c(O)c(Br)c1. The van der Waals surface area contributed by atoms with E-state index in [-0.39, 0.29) is 27.5 Å². The quantitative estimate of drug-likeness (QED) is 0.502. The van der Waals surface area contributed by atoms with Crippen LogP contribution in [0.3, 0.4) is 0 Å². The molecule has 1 amide bonds. The second kappa shape index (κ2) is 6.96. The van der Waals surface area contributed by atoms with Crippen LogP contribution in [-0.2, 0) is 4.79 Å². The van der Waals surface area contributed by atoms with Crippen LogP contribution >= 0.6 is 15.9 Å². The Morgan fingerprint density at radius 3 is 2.45 bits per heavy atom. The van der Waals surface area contributed by atoms with Crippen molar-refractivity contribution in [3.05, 3.63) is 27.7 Å². The maximum atomic E-state index is 12.1. The van der Waals surface area contributed by atoms with Crippen LogP contribution in [-0.4, -0.2) is 34.1 Å². The molecule has 20 heavy (non-hydrogen) atoms. The van der Waals surface area contributed by atoms with Gasteiger partial charge in [-0.25, -0.2) is 0 Å². The van der Waals surface area contributed by atoms with Gasteiger partial charge in [-0.15, -0.1) is 0 Å². The minimum atomic E-state index is -0.360. The molecule has 0 aliphatic carbocycles. The predicted molar refractivity (Wildman–Crippen MR) is 79.0 cm³/mol. The molecule has 0 unspecified atom stereocenters. The highest BCUT2D eigenvalue weighted by atomic mass is 79.9. The van der Waals surface area contributed by atoms with E-state index in [2.05, 4.69) is 15.9 Å². The van der Waals surface area contributed by atoms with Gasteiger partial charge >= 0.3 is 0 Å². The van der Waals surface area contributed by atoms with Gasteiger partial charge in [0.05, 0.1) is 4.47 Å². The molecule has 0 heterocycles. The zero-order valence-corrected chi connectivity index (χ0v) is 12.8. The first-order valence-corrected chi connectivity index (χ1v) is 6.86. The topological polar surface area (TPSA) is 84.6 Å². The first-order chi connectivity index (χ1) is 9.44. The molecule has 0 aliphatic heterocycles. The number of amides is 1. The summed E-state index contributed by atoms with van der Waals surface area (Å²) in [6.45, 7) is 4.69. The Balaban J connectivity index is 3.19. The number of aromatic hydroxyl groups is 2. The molecule has 1 aromatic rings. The number of phenols is 2. The summed E-state index contributed by atoms with van der Waals surface area (Å²) < 4.78 is 0.288. The summed E-state index contributed by atoms with van der Waals surface area (Å²) in [7, 11) is 0. The van der Waals surface area contributed by atoms with Gasteiger partial charge in [0.2, 0.25) is 0 Å². The Kier molecular flexibility index (Phi) is 5.59. The third kappa shape index (κ3) is 3.52. The number of phenolic OH excluding ortho intramolecular Hbond substituents is 2. The number of hydrogen-bond acceptors (Lipinski definition) is 4. The van der Waals surface area contributed by atoms with Gasteiger partial charge in [0.25, 0.3) is 5.91 Å². The molecule has 0 saturated heterocycles. The minimum absolute atomic E-state index is 0.0225. The molecule has 106 valence electrons. The van der Waals surface area contributed by atoms with E-state index in [9.17, 15) is 15.0 Å². The van der Waals surface area contributed by atoms with E-state index in [1.54, 1.807) is 0 Å². The van der Waals surface area contributed by atoms with Crippen LogP contribution in [0.15, 0.2) is 22.2 Å². The summed E-state index contributed by atoms with van der Waals surface area (Å²) in [5.74, 6) is -0.963. The summed E-state index contributed by atoms with van der Waals surface area (Å²) in [4.78, 5) is 13.6. The Bertz CT molecular complexity index is 564. The molecular formula is C14H15BrN2O3. The zero-order valence-electron chi connectivity index (χ0n) is 11.2. The van der Waals surface area contributed by atoms with Crippen molar-refractivity contribution in [1.29, 1.82) is 5.26 Å². The van der Waals surface area contributed by atoms with Crippen LogP contribution in [0, 0.1) is 11.3 Å². The number of rotatable bonds is 4. The van der Waals surface area contributed by atoms with Crippen molar-refractivity contribution < 1.29 is 15.0 Å². The van der Waals surface area contributed by atoms with Crippen LogP contribution < -0.4 is 0 Å². The number of likely N-dealkylation sites (N-methyl/N-ethyl adjacent to an activating group) is 1. The van der Waals surface area contributed by atoms with Crippen molar-refractivity contribution in [2.24, 2.45) is 0 Å². The van der Waals surface area contributed by atoms with Crippen molar-refractivity contribution in [3.8, 4) is 17.6 Å². The summed E-state index contributed by atoms with van der Waals surface area (Å²) in [5.41, 5.74) is 0.426. The average molecular weight is 339 g/mol. The van der Waals surface area contributed by atoms with E-state index in [0.29, 0.717) is 18.7 Å². The fourth-order valence-electron chi connectivity index (χ4n) is 1.68. The highest BCUT2D eigenvalue weighted by Crippen LogP contribution is 2.34. The summed E-state index contributed by atoms with van der Waals surface area (Å²) >= 11 is 3.08. The van der Waals surface area contributed by atoms with E-state index in [1.165, 1.54) is 23.1 Å². The van der Waals surface area contributed by atoms with Gasteiger partial charge in [-0.2, -0.15) is 5.26 Å². The van der Waals surface area contributed by atoms with E-state index in [0.717, 1.165) is 0 Å². The van der Waals surface area contributed by atoms with E-state index >= 15 is 0 Å². The van der Waals surface area contributed by atoms with Gasteiger partial charge in [0.15, 0.2) is 11.5 Å². The van der Waals surface area contributed by atoms with E-state index in [4.69, 9.17) is 5.26 Å². The van der Waals surface area contributed by atoms with Crippen molar-refractivity contribution in [3.63, 3.8) is 0 Å². The van der Waals surface area contributed by atoms with Crippen molar-refractivity contribution in [2.45, 2.75) is 13.8 Å². The smallest absolute Gasteiger partial charge is 0.264 e. The molecule has 0 radical (unpaired) electrons. The maximum Gasteiger partial charge on any atom is 0.264 e. The van der Waals surface area contributed by atoms with Gasteiger partial charge in [-0.3, -0.25) is 4.79 Å². The summed E-state index contributed by atoms with van der Waals surface area (Å²) in [6, 6.07) is 4.66. The normalized spacial score (nSPS) is 11.0. The lowest BCUT2D eigenvalue weighted by Crippen LogP contribution is -2.31. The molecule has 0 spiro atoms. The van der Waals surface area contributed by atoms with E-state index < -0.39 is 0 Å². The molecule has 1 aromatic carbocycles. The Labute approximate surface area is 125 Å². The molecule has 5 nitrogen and oxygen atoms in total. The summed E-state index contributed by atoms with van der Waals surface area (Å²) in [6.07, 6.45) is 1.38. The van der Waals surface area contributed by atoms with Gasteiger partial charge in [0, 0.05) is 13.1 Å². The van der Waals surface area contributed by atoms with Crippen molar-refractivity contribution >= 4 is 27.9 Å². The first kappa shape index (κ1) is 16.1. The Hall–Kier alpha value is -2.00. The molecular weight excluding hydrogens is 324 g/mol. The molecule has 6 heteroatoms. The van der Waals surface area contributed by atoms with Crippen LogP contribution in [0.2, 0.25) is 0 Å². The number of halogens is 1. The average Bonchev–Trinajstić information content (AvgIpc) is 2.43. The lowest BCUT2D eigenvalue weighted by molar-refractivity contribution is -0.126. The Morgan fingerprint density at radius 1 is 1.40 bits per heavy atom. The zero-order chi connectivity index (χ0) is 15.3. The number of nitrogens with zero attached hydrogens (tertiary/aromatic N) is 2. The van der Waals surface area contributed by atoms with Crippen LogP contribution in [0.1, 0.15) is 19.4 Å². The number of benzene rings is 1. The number of carbonyl (C=O) groups excluding carboxylic acids is 1. The lowest BCUT2D eigenvalue weighted by atomic mass is 10.1. The van der Waals surface area contributed by atoms with Crippen molar-refractivity contribution in [1.82, 2.24) is 4.90 Å². The molecule has 0 aliphatic rings. The van der Waals surface area contributed by atoms with Crippen molar-refractivity contribution in [2.75, 3.05) is 13.1 Å². The monoisotopic (exact) mass is 338 g/mol. The summed E-state index contributed by atoms with van der Waals surface area (Å²) in [5, 5.41) is 28.1. The molecule has 1 rings (SSSR count). The van der Waals surface area contributed by atoms with Crippen LogP contribution in [0.5, 0.6) is 11.5 Å². The second-order valence-electron chi connectivity index (χ2n) is 4.02. The van der Waals surface area contributed by atoms with Gasteiger partial charge in [0.1, 0.15) is 11.6 Å². The third-order valence-electron chi connectivity index (χ3n) is 2.78. The first-order valence-electron chi connectivity index (χ1n) is 6.07. The minimum Gasteiger partial charge on any atom is -0.504 e. The Morgan fingerprint density at radius 2 is 2.00 bits per heavy atom. The van der Waals surface area contributed by atoms with E-state index in [1.807, 2.05) is 19.9 Å². The molecule has 0 aromatic heterocycles. The lowest BCUT2D eigenvalue weighted by Gasteiger charge is -2.17. The second-order valence-corrected chi connectivity index (χ2v) is 4.87. The number of hydrogen-bond donors (Lipinski definition) is 2. The number of carbonyl (C=O) groups is 1. The molecule has 0 bridgehead atoms. The van der Waals surface area contributed by atoms with Gasteiger partial charge in [-0.1, -0.05) is 0 Å². The fourth-order valence-corrected chi connectivity index (χ4v) is 2.15. The molecule has 0 atom stereocenters. The maximum absolute atomic E-state index is 12.1. The van der Waals surface area contributed by atoms with Gasteiger partial charge < -0.3 is 15.1 Å². The molecule has 2 N–H and O–H groups in total. The highest BCUT2D eigenvalue weighted by Gasteiger charge is 2.16. The predicted octanol–water partition coefficient (Wildman–Crippen LogP) is 2.64. The standard InChI is InChI=1S/C14H15BrN2O3/c1-3-17(4-2)14(20)10(8-16)5-9-6-11(15)13(19)12(18)7-9/h5-7,18-19H,3-4H2,1-2H3/b10-5+. The highest BCUT2D eigenvalue weighted by molar-refractivity contribution is 9.10.